The molecular formula is C26H31N3O6. The highest BCUT2D eigenvalue weighted by molar-refractivity contribution is 5.79. The van der Waals surface area contributed by atoms with Gasteiger partial charge in [0, 0.05) is 12.1 Å². The second-order valence-electron chi connectivity index (χ2n) is 8.10. The third kappa shape index (κ3) is 5.34. The first-order valence-corrected chi connectivity index (χ1v) is 11.8. The molecule has 186 valence electrons. The summed E-state index contributed by atoms with van der Waals surface area (Å²) in [4.78, 5) is 19.7. The number of likely N-dealkylation sites (tertiary alicyclic amines) is 1. The van der Waals surface area contributed by atoms with Crippen molar-refractivity contribution in [3.8, 4) is 34.4 Å². The predicted molar refractivity (Wildman–Crippen MR) is 129 cm³/mol. The third-order valence-electron chi connectivity index (χ3n) is 5.90. The molecule has 9 nitrogen and oxygen atoms in total. The van der Waals surface area contributed by atoms with Gasteiger partial charge >= 0.3 is 0 Å². The highest BCUT2D eigenvalue weighted by Crippen LogP contribution is 2.35. The van der Waals surface area contributed by atoms with Crippen LogP contribution in [0.15, 0.2) is 40.9 Å². The van der Waals surface area contributed by atoms with Gasteiger partial charge in [-0.05, 0) is 62.6 Å². The van der Waals surface area contributed by atoms with Crippen LogP contribution in [0.3, 0.4) is 0 Å². The summed E-state index contributed by atoms with van der Waals surface area (Å²) < 4.78 is 27.6. The zero-order valence-electron chi connectivity index (χ0n) is 20.6. The van der Waals surface area contributed by atoms with Crippen LogP contribution in [0.25, 0.3) is 11.4 Å². The summed E-state index contributed by atoms with van der Waals surface area (Å²) in [7, 11) is 3.16. The molecule has 0 aliphatic carbocycles. The second kappa shape index (κ2) is 11.1. The number of benzene rings is 2. The van der Waals surface area contributed by atoms with Crippen LogP contribution in [-0.2, 0) is 11.2 Å². The van der Waals surface area contributed by atoms with E-state index in [9.17, 15) is 4.79 Å². The van der Waals surface area contributed by atoms with E-state index in [4.69, 9.17) is 23.5 Å². The monoisotopic (exact) mass is 481 g/mol. The second-order valence-corrected chi connectivity index (χ2v) is 8.10. The average Bonchev–Trinajstić information content (AvgIpc) is 3.55. The topological polar surface area (TPSA) is 96.2 Å². The molecule has 2 aromatic carbocycles. The molecule has 2 heterocycles. The Morgan fingerprint density at radius 1 is 1.00 bits per heavy atom. The van der Waals surface area contributed by atoms with Gasteiger partial charge in [-0.15, -0.1) is 0 Å². The highest BCUT2D eigenvalue weighted by Gasteiger charge is 2.34. The van der Waals surface area contributed by atoms with E-state index in [1.54, 1.807) is 26.4 Å². The van der Waals surface area contributed by atoms with Crippen molar-refractivity contribution in [3.05, 3.63) is 47.9 Å². The van der Waals surface area contributed by atoms with E-state index in [0.29, 0.717) is 54.5 Å². The lowest BCUT2D eigenvalue weighted by Gasteiger charge is -2.22. The van der Waals surface area contributed by atoms with Crippen molar-refractivity contribution in [1.82, 2.24) is 15.0 Å². The lowest BCUT2D eigenvalue weighted by Crippen LogP contribution is -2.32. The SMILES string of the molecule is CCOc1ccc(CC(=O)N2CCC[C@H]2c2nc(-c3ccc(OC)c(OC)c3)no2)cc1OCC. The van der Waals surface area contributed by atoms with Crippen molar-refractivity contribution < 1.29 is 28.3 Å². The maximum atomic E-state index is 13.2. The Bertz CT molecular complexity index is 1160. The van der Waals surface area contributed by atoms with Crippen molar-refractivity contribution in [2.75, 3.05) is 34.0 Å². The average molecular weight is 482 g/mol. The fourth-order valence-electron chi connectivity index (χ4n) is 4.27. The van der Waals surface area contributed by atoms with Crippen LogP contribution >= 0.6 is 0 Å². The van der Waals surface area contributed by atoms with E-state index in [1.165, 1.54) is 0 Å². The summed E-state index contributed by atoms with van der Waals surface area (Å²) in [5, 5.41) is 4.15. The Morgan fingerprint density at radius 3 is 2.49 bits per heavy atom. The first-order valence-electron chi connectivity index (χ1n) is 11.8. The summed E-state index contributed by atoms with van der Waals surface area (Å²) in [5.41, 5.74) is 1.61. The Balaban J connectivity index is 1.50. The summed E-state index contributed by atoms with van der Waals surface area (Å²) in [6.45, 7) is 5.55. The highest BCUT2D eigenvalue weighted by atomic mass is 16.5. The number of amides is 1. The van der Waals surface area contributed by atoms with Gasteiger partial charge in [-0.2, -0.15) is 4.98 Å². The maximum Gasteiger partial charge on any atom is 0.249 e. The Labute approximate surface area is 204 Å². The van der Waals surface area contributed by atoms with Gasteiger partial charge in [0.15, 0.2) is 23.0 Å². The number of hydrogen-bond acceptors (Lipinski definition) is 8. The molecule has 0 N–H and O–H groups in total. The van der Waals surface area contributed by atoms with Gasteiger partial charge in [0.05, 0.1) is 33.9 Å². The molecule has 9 heteroatoms. The summed E-state index contributed by atoms with van der Waals surface area (Å²) >= 11 is 0. The van der Waals surface area contributed by atoms with Crippen molar-refractivity contribution in [2.45, 2.75) is 39.2 Å². The van der Waals surface area contributed by atoms with Crippen LogP contribution in [0.4, 0.5) is 0 Å². The molecule has 1 atom stereocenters. The number of carbonyl (C=O) groups is 1. The van der Waals surface area contributed by atoms with Gasteiger partial charge in [-0.1, -0.05) is 11.2 Å². The Hall–Kier alpha value is -3.75. The quantitative estimate of drug-likeness (QED) is 0.419. The molecule has 3 aromatic rings. The Morgan fingerprint density at radius 2 is 1.74 bits per heavy atom. The lowest BCUT2D eigenvalue weighted by molar-refractivity contribution is -0.131. The molecule has 35 heavy (non-hydrogen) atoms. The molecule has 1 aliphatic rings. The lowest BCUT2D eigenvalue weighted by atomic mass is 10.1. The minimum atomic E-state index is -0.252. The number of nitrogens with zero attached hydrogens (tertiary/aromatic N) is 3. The first kappa shape index (κ1) is 24.4. The Kier molecular flexibility index (Phi) is 7.74. The number of methoxy groups -OCH3 is 2. The fraction of sp³-hybridized carbons (Fsp3) is 0.423. The molecular weight excluding hydrogens is 450 g/mol. The molecule has 0 radical (unpaired) electrons. The number of rotatable bonds is 10. The van der Waals surface area contributed by atoms with Crippen molar-refractivity contribution in [2.24, 2.45) is 0 Å². The molecule has 1 amide bonds. The number of carbonyl (C=O) groups excluding carboxylic acids is 1. The minimum Gasteiger partial charge on any atom is -0.493 e. The smallest absolute Gasteiger partial charge is 0.249 e. The van der Waals surface area contributed by atoms with E-state index < -0.39 is 0 Å². The molecule has 4 rings (SSSR count). The largest absolute Gasteiger partial charge is 0.493 e. The van der Waals surface area contributed by atoms with Crippen LogP contribution in [-0.4, -0.2) is 54.9 Å². The molecule has 1 aromatic heterocycles. The minimum absolute atomic E-state index is 0.00461. The van der Waals surface area contributed by atoms with Crippen LogP contribution in [0.1, 0.15) is 44.2 Å². The van der Waals surface area contributed by atoms with E-state index in [-0.39, 0.29) is 18.4 Å². The van der Waals surface area contributed by atoms with Gasteiger partial charge in [-0.3, -0.25) is 4.79 Å². The van der Waals surface area contributed by atoms with E-state index in [0.717, 1.165) is 24.0 Å². The summed E-state index contributed by atoms with van der Waals surface area (Å²) in [6, 6.07) is 10.8. The van der Waals surface area contributed by atoms with Crippen molar-refractivity contribution in [3.63, 3.8) is 0 Å². The number of hydrogen-bond donors (Lipinski definition) is 0. The van der Waals surface area contributed by atoms with Gasteiger partial charge in [0.2, 0.25) is 17.6 Å². The van der Waals surface area contributed by atoms with E-state index in [1.807, 2.05) is 43.0 Å². The van der Waals surface area contributed by atoms with E-state index >= 15 is 0 Å². The first-order chi connectivity index (χ1) is 17.1. The molecule has 1 fully saturated rings. The maximum absolute atomic E-state index is 13.2. The van der Waals surface area contributed by atoms with Crippen LogP contribution in [0.5, 0.6) is 23.0 Å². The van der Waals surface area contributed by atoms with Gasteiger partial charge in [0.25, 0.3) is 0 Å². The normalized spacial score (nSPS) is 15.2. The molecule has 0 bridgehead atoms. The molecule has 1 saturated heterocycles. The third-order valence-corrected chi connectivity index (χ3v) is 5.90. The zero-order valence-corrected chi connectivity index (χ0v) is 20.6. The van der Waals surface area contributed by atoms with Gasteiger partial charge in [-0.25, -0.2) is 0 Å². The van der Waals surface area contributed by atoms with Crippen molar-refractivity contribution >= 4 is 5.91 Å². The standard InChI is InChI=1S/C26H31N3O6/c1-5-33-21-11-9-17(14-23(21)34-6-2)15-24(30)29-13-7-8-19(29)26-27-25(28-35-26)18-10-12-20(31-3)22(16-18)32-4/h9-12,14,16,19H,5-8,13,15H2,1-4H3/t19-/m0/s1. The zero-order chi connectivity index (χ0) is 24.8. The predicted octanol–water partition coefficient (Wildman–Crippen LogP) is 4.46. The van der Waals surface area contributed by atoms with E-state index in [2.05, 4.69) is 10.1 Å². The molecule has 0 saturated carbocycles. The fourth-order valence-corrected chi connectivity index (χ4v) is 4.27. The number of aromatic nitrogens is 2. The summed E-state index contributed by atoms with van der Waals surface area (Å²) in [6.07, 6.45) is 1.89. The van der Waals surface area contributed by atoms with Crippen LogP contribution in [0, 0.1) is 0 Å². The molecule has 0 spiro atoms. The van der Waals surface area contributed by atoms with Gasteiger partial charge < -0.3 is 28.4 Å². The van der Waals surface area contributed by atoms with Gasteiger partial charge in [0.1, 0.15) is 6.04 Å². The molecule has 1 aliphatic heterocycles. The van der Waals surface area contributed by atoms with Crippen LogP contribution < -0.4 is 18.9 Å². The van der Waals surface area contributed by atoms with Crippen LogP contribution in [0.2, 0.25) is 0 Å². The molecule has 0 unspecified atom stereocenters. The van der Waals surface area contributed by atoms with Crippen molar-refractivity contribution in [1.29, 1.82) is 0 Å². The number of ether oxygens (including phenoxy) is 4. The summed E-state index contributed by atoms with van der Waals surface area (Å²) in [5.74, 6) is 3.40.